The summed E-state index contributed by atoms with van der Waals surface area (Å²) in [5.41, 5.74) is 6.29. The molecule has 0 bridgehead atoms. The van der Waals surface area contributed by atoms with Crippen molar-refractivity contribution < 1.29 is 4.39 Å². The van der Waals surface area contributed by atoms with E-state index in [1.165, 1.54) is 16.8 Å². The van der Waals surface area contributed by atoms with E-state index >= 15 is 0 Å². The number of halogens is 1. The molecule has 0 atom stereocenters. The van der Waals surface area contributed by atoms with E-state index in [0.29, 0.717) is 11.3 Å². The number of nitrogens with two attached hydrogens (primary N) is 1. The second-order valence-electron chi connectivity index (χ2n) is 3.39. The van der Waals surface area contributed by atoms with Crippen LogP contribution in [-0.4, -0.2) is 24.8 Å². The first-order valence-corrected chi connectivity index (χ1v) is 4.84. The van der Waals surface area contributed by atoms with Crippen molar-refractivity contribution in [1.29, 1.82) is 0 Å². The lowest BCUT2D eigenvalue weighted by Crippen LogP contribution is -2.02. The van der Waals surface area contributed by atoms with Crippen LogP contribution >= 0.6 is 0 Å². The van der Waals surface area contributed by atoms with Crippen molar-refractivity contribution in [1.82, 2.24) is 24.8 Å². The highest BCUT2D eigenvalue weighted by Gasteiger charge is 2.09. The van der Waals surface area contributed by atoms with Crippen molar-refractivity contribution in [3.05, 3.63) is 36.3 Å². The number of anilines is 1. The molecule has 0 radical (unpaired) electrons. The van der Waals surface area contributed by atoms with Gasteiger partial charge in [0.05, 0.1) is 6.20 Å². The van der Waals surface area contributed by atoms with Gasteiger partial charge in [0.25, 0.3) is 5.78 Å². The third kappa shape index (κ3) is 1.48. The molecule has 0 fully saturated rings. The highest BCUT2D eigenvalue weighted by Crippen LogP contribution is 2.19. The molecular formula is C10H7FN6. The van der Waals surface area contributed by atoms with E-state index in [1.807, 2.05) is 0 Å². The average Bonchev–Trinajstić information content (AvgIpc) is 2.71. The van der Waals surface area contributed by atoms with E-state index in [1.54, 1.807) is 18.2 Å². The number of nitrogens with zero attached hydrogens (tertiary/aromatic N) is 5. The molecule has 3 aromatic rings. The Labute approximate surface area is 94.9 Å². The van der Waals surface area contributed by atoms with Crippen molar-refractivity contribution in [2.24, 2.45) is 0 Å². The zero-order chi connectivity index (χ0) is 11.8. The summed E-state index contributed by atoms with van der Waals surface area (Å²) in [6, 6.07) is 6.31. The van der Waals surface area contributed by atoms with Crippen LogP contribution < -0.4 is 5.73 Å². The maximum absolute atomic E-state index is 13.6. The molecule has 2 aromatic heterocycles. The molecule has 84 valence electrons. The van der Waals surface area contributed by atoms with Crippen LogP contribution in [0.25, 0.3) is 17.0 Å². The molecule has 0 saturated heterocycles. The fourth-order valence-electron chi connectivity index (χ4n) is 1.50. The lowest BCUT2D eigenvalue weighted by atomic mass is 10.1. The van der Waals surface area contributed by atoms with Crippen LogP contribution in [0.15, 0.2) is 30.5 Å². The molecule has 2 heterocycles. The standard InChI is InChI=1S/C10H7FN6/c11-7-4-2-1-3-6(7)8-5-13-10-15-14-9(12)17(10)16-8/h1-5H,(H2,12,14). The van der Waals surface area contributed by atoms with Gasteiger partial charge in [-0.15, -0.1) is 10.2 Å². The predicted octanol–water partition coefficient (Wildman–Crippen LogP) is 0.908. The molecule has 0 saturated carbocycles. The summed E-state index contributed by atoms with van der Waals surface area (Å²) in [6.07, 6.45) is 1.43. The molecule has 0 amide bonds. The third-order valence-electron chi connectivity index (χ3n) is 2.31. The first-order chi connectivity index (χ1) is 8.25. The van der Waals surface area contributed by atoms with Gasteiger partial charge in [0, 0.05) is 5.56 Å². The van der Waals surface area contributed by atoms with Crippen molar-refractivity contribution >= 4 is 11.7 Å². The van der Waals surface area contributed by atoms with Gasteiger partial charge in [-0.3, -0.25) is 0 Å². The highest BCUT2D eigenvalue weighted by atomic mass is 19.1. The number of fused-ring (bicyclic) bond motifs is 1. The molecule has 3 rings (SSSR count). The summed E-state index contributed by atoms with van der Waals surface area (Å²) in [5.74, 6) is 0.0288. The van der Waals surface area contributed by atoms with E-state index < -0.39 is 0 Å². The summed E-state index contributed by atoms with van der Waals surface area (Å²) in [4.78, 5) is 4.00. The number of hydrogen-bond donors (Lipinski definition) is 1. The van der Waals surface area contributed by atoms with Gasteiger partial charge < -0.3 is 5.73 Å². The molecule has 1 aromatic carbocycles. The molecule has 0 spiro atoms. The number of aromatic nitrogens is 5. The molecule has 0 aliphatic heterocycles. The Balaban J connectivity index is 2.24. The van der Waals surface area contributed by atoms with Crippen LogP contribution in [0, 0.1) is 5.82 Å². The largest absolute Gasteiger partial charge is 0.366 e. The molecule has 7 heteroatoms. The van der Waals surface area contributed by atoms with Gasteiger partial charge in [0.15, 0.2) is 0 Å². The monoisotopic (exact) mass is 230 g/mol. The fraction of sp³-hybridized carbons (Fsp3) is 0. The van der Waals surface area contributed by atoms with Crippen LogP contribution in [0.3, 0.4) is 0 Å². The van der Waals surface area contributed by atoms with Crippen molar-refractivity contribution in [2.45, 2.75) is 0 Å². The second kappa shape index (κ2) is 3.48. The summed E-state index contributed by atoms with van der Waals surface area (Å²) in [6.45, 7) is 0. The minimum Gasteiger partial charge on any atom is -0.366 e. The van der Waals surface area contributed by atoms with Crippen molar-refractivity contribution in [3.8, 4) is 11.3 Å². The van der Waals surface area contributed by atoms with Gasteiger partial charge in [-0.25, -0.2) is 9.37 Å². The van der Waals surface area contributed by atoms with Crippen LogP contribution in [0.2, 0.25) is 0 Å². The predicted molar refractivity (Wildman–Crippen MR) is 58.4 cm³/mol. The molecule has 2 N–H and O–H groups in total. The van der Waals surface area contributed by atoms with Gasteiger partial charge in [-0.05, 0) is 12.1 Å². The number of rotatable bonds is 1. The van der Waals surface area contributed by atoms with E-state index in [9.17, 15) is 4.39 Å². The van der Waals surface area contributed by atoms with E-state index in [2.05, 4.69) is 20.3 Å². The Kier molecular flexibility index (Phi) is 1.97. The molecular weight excluding hydrogens is 223 g/mol. The van der Waals surface area contributed by atoms with Crippen molar-refractivity contribution in [3.63, 3.8) is 0 Å². The van der Waals surface area contributed by atoms with Gasteiger partial charge in [-0.2, -0.15) is 9.61 Å². The Bertz CT molecular complexity index is 692. The molecule has 0 aliphatic rings. The van der Waals surface area contributed by atoms with Crippen LogP contribution in [0.5, 0.6) is 0 Å². The maximum atomic E-state index is 13.6. The maximum Gasteiger partial charge on any atom is 0.273 e. The summed E-state index contributed by atoms with van der Waals surface area (Å²) in [7, 11) is 0. The summed E-state index contributed by atoms with van der Waals surface area (Å²) >= 11 is 0. The first kappa shape index (κ1) is 9.64. The zero-order valence-corrected chi connectivity index (χ0v) is 8.58. The molecule has 0 unspecified atom stereocenters. The SMILES string of the molecule is Nc1nnc2ncc(-c3ccccc3F)nn12. The van der Waals surface area contributed by atoms with E-state index in [0.717, 1.165) is 0 Å². The normalized spacial score (nSPS) is 10.9. The lowest BCUT2D eigenvalue weighted by Gasteiger charge is -2.01. The fourth-order valence-corrected chi connectivity index (χ4v) is 1.50. The number of benzene rings is 1. The lowest BCUT2D eigenvalue weighted by molar-refractivity contribution is 0.630. The minimum absolute atomic E-state index is 0.116. The second-order valence-corrected chi connectivity index (χ2v) is 3.39. The van der Waals surface area contributed by atoms with E-state index in [4.69, 9.17) is 5.73 Å². The van der Waals surface area contributed by atoms with Gasteiger partial charge in [0.1, 0.15) is 11.5 Å². The number of hydrogen-bond acceptors (Lipinski definition) is 5. The quantitative estimate of drug-likeness (QED) is 0.671. The van der Waals surface area contributed by atoms with Crippen molar-refractivity contribution in [2.75, 3.05) is 5.73 Å². The Hall–Kier alpha value is -2.57. The topological polar surface area (TPSA) is 82.0 Å². The van der Waals surface area contributed by atoms with Gasteiger partial charge in [-0.1, -0.05) is 12.1 Å². The molecule has 17 heavy (non-hydrogen) atoms. The third-order valence-corrected chi connectivity index (χ3v) is 2.31. The van der Waals surface area contributed by atoms with Crippen LogP contribution in [0.4, 0.5) is 10.3 Å². The first-order valence-electron chi connectivity index (χ1n) is 4.84. The van der Waals surface area contributed by atoms with Gasteiger partial charge >= 0.3 is 0 Å². The van der Waals surface area contributed by atoms with Crippen LogP contribution in [0.1, 0.15) is 0 Å². The van der Waals surface area contributed by atoms with Gasteiger partial charge in [0.2, 0.25) is 5.95 Å². The number of nitrogen functional groups attached to an aromatic ring is 1. The Morgan fingerprint density at radius 2 is 2.00 bits per heavy atom. The van der Waals surface area contributed by atoms with Crippen LogP contribution in [-0.2, 0) is 0 Å². The molecule has 0 aliphatic carbocycles. The smallest absolute Gasteiger partial charge is 0.273 e. The highest BCUT2D eigenvalue weighted by molar-refractivity contribution is 5.59. The minimum atomic E-state index is -0.368. The zero-order valence-electron chi connectivity index (χ0n) is 8.58. The van der Waals surface area contributed by atoms with E-state index in [-0.39, 0.29) is 17.5 Å². The average molecular weight is 230 g/mol. The molecule has 6 nitrogen and oxygen atoms in total. The Morgan fingerprint density at radius 3 is 2.82 bits per heavy atom. The Morgan fingerprint density at radius 1 is 1.18 bits per heavy atom. The summed E-state index contributed by atoms with van der Waals surface area (Å²) < 4.78 is 14.8. The summed E-state index contributed by atoms with van der Waals surface area (Å²) in [5, 5.41) is 11.5.